The number of thiophene rings is 1. The van der Waals surface area contributed by atoms with Crippen molar-refractivity contribution in [1.82, 2.24) is 10.2 Å². The minimum Gasteiger partial charge on any atom is -0.496 e. The van der Waals surface area contributed by atoms with Gasteiger partial charge in [-0.15, -0.1) is 11.3 Å². The Morgan fingerprint density at radius 1 is 0.974 bits per heavy atom. The minimum atomic E-state index is -0.888. The van der Waals surface area contributed by atoms with Gasteiger partial charge < -0.3 is 19.7 Å². The maximum atomic E-state index is 14.0. The van der Waals surface area contributed by atoms with Gasteiger partial charge in [-0.25, -0.2) is 4.79 Å². The second-order valence-corrected chi connectivity index (χ2v) is 10.5. The minimum absolute atomic E-state index is 0.0774. The largest absolute Gasteiger partial charge is 0.496 e. The Bertz CT molecular complexity index is 1220. The molecule has 1 aliphatic rings. The molecule has 0 unspecified atom stereocenters. The molecule has 2 aromatic carbocycles. The van der Waals surface area contributed by atoms with Gasteiger partial charge in [0.05, 0.1) is 32.7 Å². The fourth-order valence-electron chi connectivity index (χ4n) is 4.92. The van der Waals surface area contributed by atoms with Gasteiger partial charge in [-0.05, 0) is 48.1 Å². The monoisotopic (exact) mass is 534 g/mol. The van der Waals surface area contributed by atoms with E-state index >= 15 is 0 Å². The molecule has 1 N–H and O–H groups in total. The highest BCUT2D eigenvalue weighted by Gasteiger charge is 2.33. The molecule has 0 bridgehead atoms. The highest BCUT2D eigenvalue weighted by atomic mass is 32.1. The van der Waals surface area contributed by atoms with Crippen LogP contribution in [0.4, 0.5) is 0 Å². The molecule has 200 valence electrons. The quantitative estimate of drug-likeness (QED) is 0.357. The van der Waals surface area contributed by atoms with Crippen LogP contribution in [0.1, 0.15) is 64.5 Å². The van der Waals surface area contributed by atoms with Crippen LogP contribution in [0.5, 0.6) is 5.75 Å². The summed E-state index contributed by atoms with van der Waals surface area (Å²) >= 11 is 1.51. The van der Waals surface area contributed by atoms with Crippen LogP contribution in [0.15, 0.2) is 66.0 Å². The molecule has 1 atom stereocenters. The third-order valence-electron chi connectivity index (χ3n) is 6.92. The molecule has 0 aliphatic heterocycles. The summed E-state index contributed by atoms with van der Waals surface area (Å²) in [6.07, 6.45) is 5.35. The van der Waals surface area contributed by atoms with Crippen LogP contribution in [0.25, 0.3) is 0 Å². The fraction of sp³-hybridized carbons (Fsp3) is 0.367. The maximum Gasteiger partial charge on any atom is 0.337 e. The van der Waals surface area contributed by atoms with Gasteiger partial charge in [-0.2, -0.15) is 0 Å². The zero-order chi connectivity index (χ0) is 26.9. The van der Waals surface area contributed by atoms with Crippen molar-refractivity contribution in [2.75, 3.05) is 14.2 Å². The number of hydrogen-bond donors (Lipinski definition) is 1. The standard InChI is InChI=1S/C30H34N2O5S/c1-36-26-13-7-6-9-23(26)20-32(27(33)19-25-12-8-18-38-25)28(29(34)31-24-10-4-3-5-11-24)21-14-16-22(17-15-21)30(35)37-2/h6-9,12-18,24,28H,3-5,10-11,19-20H2,1-2H3,(H,31,34)/t28-/m1/s1. The van der Waals surface area contributed by atoms with Gasteiger partial charge >= 0.3 is 5.97 Å². The van der Waals surface area contributed by atoms with E-state index in [0.717, 1.165) is 36.1 Å². The van der Waals surface area contributed by atoms with E-state index in [1.807, 2.05) is 41.8 Å². The average Bonchev–Trinajstić information content (AvgIpc) is 3.46. The number of para-hydroxylation sites is 1. The number of rotatable bonds is 10. The molecule has 1 heterocycles. The van der Waals surface area contributed by atoms with E-state index in [2.05, 4.69) is 5.32 Å². The molecule has 1 aliphatic carbocycles. The Morgan fingerprint density at radius 2 is 1.71 bits per heavy atom. The molecule has 8 heteroatoms. The molecular weight excluding hydrogens is 500 g/mol. The smallest absolute Gasteiger partial charge is 0.337 e. The van der Waals surface area contributed by atoms with E-state index in [1.54, 1.807) is 36.3 Å². The predicted molar refractivity (Wildman–Crippen MR) is 147 cm³/mol. The summed E-state index contributed by atoms with van der Waals surface area (Å²) in [7, 11) is 2.92. The van der Waals surface area contributed by atoms with E-state index in [9.17, 15) is 14.4 Å². The first-order valence-corrected chi connectivity index (χ1v) is 13.8. The summed E-state index contributed by atoms with van der Waals surface area (Å²) in [4.78, 5) is 42.4. The van der Waals surface area contributed by atoms with Crippen molar-refractivity contribution in [2.45, 2.75) is 57.2 Å². The Balaban J connectivity index is 1.73. The fourth-order valence-corrected chi connectivity index (χ4v) is 5.62. The zero-order valence-corrected chi connectivity index (χ0v) is 22.7. The van der Waals surface area contributed by atoms with Crippen LogP contribution in [-0.4, -0.2) is 42.9 Å². The van der Waals surface area contributed by atoms with E-state index in [0.29, 0.717) is 16.9 Å². The lowest BCUT2D eigenvalue weighted by atomic mass is 9.94. The topological polar surface area (TPSA) is 84.9 Å². The van der Waals surface area contributed by atoms with E-state index < -0.39 is 12.0 Å². The summed E-state index contributed by atoms with van der Waals surface area (Å²) < 4.78 is 10.4. The number of esters is 1. The summed E-state index contributed by atoms with van der Waals surface area (Å²) in [5.41, 5.74) is 1.81. The molecule has 3 aromatic rings. The van der Waals surface area contributed by atoms with Crippen molar-refractivity contribution in [3.8, 4) is 5.75 Å². The van der Waals surface area contributed by atoms with Gasteiger partial charge in [0.2, 0.25) is 11.8 Å². The van der Waals surface area contributed by atoms with Gasteiger partial charge in [0.1, 0.15) is 11.8 Å². The van der Waals surface area contributed by atoms with Crippen LogP contribution in [0, 0.1) is 0 Å². The lowest BCUT2D eigenvalue weighted by Gasteiger charge is -2.34. The number of nitrogens with one attached hydrogen (secondary N) is 1. The van der Waals surface area contributed by atoms with Gasteiger partial charge in [-0.3, -0.25) is 9.59 Å². The molecular formula is C30H34N2O5S. The van der Waals surface area contributed by atoms with Crippen LogP contribution in [-0.2, 0) is 27.3 Å². The number of benzene rings is 2. The normalized spacial score (nSPS) is 14.4. The number of hydrogen-bond acceptors (Lipinski definition) is 6. The van der Waals surface area contributed by atoms with Crippen molar-refractivity contribution in [3.05, 3.63) is 87.6 Å². The van der Waals surface area contributed by atoms with Crippen LogP contribution >= 0.6 is 11.3 Å². The van der Waals surface area contributed by atoms with Gasteiger partial charge in [0, 0.05) is 16.5 Å². The number of nitrogens with zero attached hydrogens (tertiary/aromatic N) is 1. The third kappa shape index (κ3) is 6.81. The molecule has 1 fully saturated rings. The number of methoxy groups -OCH3 is 2. The first-order chi connectivity index (χ1) is 18.5. The van der Waals surface area contributed by atoms with E-state index in [4.69, 9.17) is 9.47 Å². The Labute approximate surface area is 227 Å². The van der Waals surface area contributed by atoms with Crippen LogP contribution in [0.3, 0.4) is 0 Å². The van der Waals surface area contributed by atoms with Crippen molar-refractivity contribution in [1.29, 1.82) is 0 Å². The van der Waals surface area contributed by atoms with Crippen molar-refractivity contribution < 1.29 is 23.9 Å². The second-order valence-electron chi connectivity index (χ2n) is 9.45. The molecule has 7 nitrogen and oxygen atoms in total. The first kappa shape index (κ1) is 27.4. The Morgan fingerprint density at radius 3 is 2.37 bits per heavy atom. The molecule has 4 rings (SSSR count). The van der Waals surface area contributed by atoms with Gasteiger partial charge in [0.25, 0.3) is 0 Å². The van der Waals surface area contributed by atoms with Crippen molar-refractivity contribution in [2.24, 2.45) is 0 Å². The zero-order valence-electron chi connectivity index (χ0n) is 21.9. The predicted octanol–water partition coefficient (Wildman–Crippen LogP) is 5.30. The SMILES string of the molecule is COC(=O)c1ccc([C@H](C(=O)NC2CCCCC2)N(Cc2ccccc2OC)C(=O)Cc2cccs2)cc1. The molecule has 2 amide bonds. The van der Waals surface area contributed by atoms with Gasteiger partial charge in [-0.1, -0.05) is 55.7 Å². The lowest BCUT2D eigenvalue weighted by molar-refractivity contribution is -0.141. The highest BCUT2D eigenvalue weighted by Crippen LogP contribution is 2.29. The van der Waals surface area contributed by atoms with Crippen LogP contribution < -0.4 is 10.1 Å². The average molecular weight is 535 g/mol. The number of ether oxygens (including phenoxy) is 2. The van der Waals surface area contributed by atoms with Crippen LogP contribution in [0.2, 0.25) is 0 Å². The molecule has 0 spiro atoms. The molecule has 1 aromatic heterocycles. The number of carbonyl (C=O) groups is 3. The van der Waals surface area contributed by atoms with E-state index in [1.165, 1.54) is 24.9 Å². The maximum absolute atomic E-state index is 14.0. The molecule has 0 saturated heterocycles. The number of amides is 2. The third-order valence-corrected chi connectivity index (χ3v) is 7.79. The highest BCUT2D eigenvalue weighted by molar-refractivity contribution is 7.10. The summed E-state index contributed by atoms with van der Waals surface area (Å²) in [5, 5.41) is 5.16. The lowest BCUT2D eigenvalue weighted by Crippen LogP contribution is -2.47. The summed E-state index contributed by atoms with van der Waals surface area (Å²) in [6.45, 7) is 0.190. The summed E-state index contributed by atoms with van der Waals surface area (Å²) in [5.74, 6) is -0.204. The van der Waals surface area contributed by atoms with Crippen molar-refractivity contribution in [3.63, 3.8) is 0 Å². The Kier molecular flexibility index (Phi) is 9.54. The first-order valence-electron chi connectivity index (χ1n) is 12.9. The molecule has 38 heavy (non-hydrogen) atoms. The Hall–Kier alpha value is -3.65. The molecule has 1 saturated carbocycles. The van der Waals surface area contributed by atoms with Crippen molar-refractivity contribution >= 4 is 29.1 Å². The van der Waals surface area contributed by atoms with E-state index in [-0.39, 0.29) is 30.8 Å². The second kappa shape index (κ2) is 13.2. The molecule has 0 radical (unpaired) electrons. The number of carbonyl (C=O) groups excluding carboxylic acids is 3. The summed E-state index contributed by atoms with van der Waals surface area (Å²) in [6, 6.07) is 17.3. The van der Waals surface area contributed by atoms with Gasteiger partial charge in [0.15, 0.2) is 0 Å².